The van der Waals surface area contributed by atoms with Crippen molar-refractivity contribution in [1.29, 1.82) is 5.26 Å². The molecule has 0 saturated carbocycles. The van der Waals surface area contributed by atoms with Crippen molar-refractivity contribution in [2.45, 2.75) is 57.2 Å². The number of methoxy groups -OCH3 is 2. The molecule has 0 unspecified atom stereocenters. The Kier molecular flexibility index (Phi) is 5.96. The van der Waals surface area contributed by atoms with Crippen molar-refractivity contribution < 1.29 is 23.5 Å². The zero-order chi connectivity index (χ0) is 18.0. The van der Waals surface area contributed by atoms with Crippen LogP contribution in [0.15, 0.2) is 0 Å². The van der Waals surface area contributed by atoms with Crippen LogP contribution in [0.4, 0.5) is 0 Å². The van der Waals surface area contributed by atoms with Crippen LogP contribution in [-0.2, 0) is 23.5 Å². The highest BCUT2D eigenvalue weighted by atomic mass is 28.4. The molecule has 0 aromatic heterocycles. The van der Waals surface area contributed by atoms with Crippen LogP contribution in [0, 0.1) is 11.3 Å². The van der Waals surface area contributed by atoms with Crippen molar-refractivity contribution in [3.05, 3.63) is 0 Å². The molecule has 3 atom stereocenters. The van der Waals surface area contributed by atoms with Crippen LogP contribution in [-0.4, -0.2) is 64.1 Å². The van der Waals surface area contributed by atoms with Gasteiger partial charge in [0.05, 0.1) is 13.2 Å². The summed E-state index contributed by atoms with van der Waals surface area (Å²) in [5.74, 6) is -1.01. The Morgan fingerprint density at radius 2 is 1.91 bits per heavy atom. The molecular formula is C15H26N2O5Si. The minimum atomic E-state index is -2.22. The van der Waals surface area contributed by atoms with Gasteiger partial charge in [-0.2, -0.15) is 5.26 Å². The molecule has 0 aromatic rings. The molecule has 0 radical (unpaired) electrons. The zero-order valence-electron chi connectivity index (χ0n) is 14.9. The molecule has 0 N–H and O–H groups in total. The largest absolute Gasteiger partial charge is 0.468 e. The molecule has 1 amide bonds. The lowest BCUT2D eigenvalue weighted by Crippen LogP contribution is -2.50. The smallest absolute Gasteiger partial charge is 0.325 e. The lowest BCUT2D eigenvalue weighted by molar-refractivity contribution is -0.148. The van der Waals surface area contributed by atoms with Crippen molar-refractivity contribution in [3.63, 3.8) is 0 Å². The lowest BCUT2D eigenvalue weighted by atomic mass is 10.1. The van der Waals surface area contributed by atoms with E-state index in [0.717, 1.165) is 0 Å². The van der Waals surface area contributed by atoms with Crippen LogP contribution in [0.25, 0.3) is 0 Å². The first-order valence-electron chi connectivity index (χ1n) is 7.47. The maximum atomic E-state index is 12.5. The van der Waals surface area contributed by atoms with Crippen molar-refractivity contribution >= 4 is 20.2 Å². The number of esters is 1. The number of carbonyl (C=O) groups excluding carboxylic acids is 2. The van der Waals surface area contributed by atoms with E-state index in [2.05, 4.69) is 31.6 Å². The van der Waals surface area contributed by atoms with Gasteiger partial charge in [-0.15, -0.1) is 0 Å². The van der Waals surface area contributed by atoms with E-state index in [4.69, 9.17) is 9.16 Å². The molecule has 130 valence electrons. The van der Waals surface area contributed by atoms with Crippen LogP contribution >= 0.6 is 0 Å². The van der Waals surface area contributed by atoms with E-state index in [9.17, 15) is 14.9 Å². The summed E-state index contributed by atoms with van der Waals surface area (Å²) >= 11 is 0. The predicted octanol–water partition coefficient (Wildman–Crippen LogP) is 1.30. The highest BCUT2D eigenvalue weighted by molar-refractivity contribution is 6.74. The summed E-state index contributed by atoms with van der Waals surface area (Å²) in [6.07, 6.45) is -1.61. The molecule has 0 aromatic carbocycles. The van der Waals surface area contributed by atoms with Gasteiger partial charge in [0.25, 0.3) is 5.91 Å². The molecule has 0 bridgehead atoms. The van der Waals surface area contributed by atoms with Crippen LogP contribution < -0.4 is 0 Å². The minimum absolute atomic E-state index is 0.0793. The first kappa shape index (κ1) is 19.6. The van der Waals surface area contributed by atoms with Crippen LogP contribution in [0.5, 0.6) is 0 Å². The van der Waals surface area contributed by atoms with E-state index in [-0.39, 0.29) is 11.6 Å². The third-order valence-corrected chi connectivity index (χ3v) is 9.10. The maximum Gasteiger partial charge on any atom is 0.325 e. The molecule has 1 fully saturated rings. The van der Waals surface area contributed by atoms with Crippen molar-refractivity contribution in [2.75, 3.05) is 20.8 Å². The highest BCUT2D eigenvalue weighted by Crippen LogP contribution is 2.39. The quantitative estimate of drug-likeness (QED) is 0.553. The average molecular weight is 342 g/mol. The summed E-state index contributed by atoms with van der Waals surface area (Å²) in [5.41, 5.74) is 0. The van der Waals surface area contributed by atoms with E-state index < -0.39 is 38.4 Å². The van der Waals surface area contributed by atoms with Gasteiger partial charge in [-0.1, -0.05) is 20.8 Å². The Balaban J connectivity index is 3.12. The third-order valence-electron chi connectivity index (χ3n) is 4.62. The zero-order valence-corrected chi connectivity index (χ0v) is 15.9. The Bertz CT molecular complexity index is 509. The fraction of sp³-hybridized carbons (Fsp3) is 0.800. The minimum Gasteiger partial charge on any atom is -0.468 e. The second-order valence-electron chi connectivity index (χ2n) is 7.12. The standard InChI is InChI=1S/C15H26N2O5Si/c1-15(2,3)23(6,7)22-12-10(8-16)17(9-11(18)20-4)14(19)13(12)21-5/h10,12-13H,9H2,1-7H3/t10-,12+,13-/m1/s1. The summed E-state index contributed by atoms with van der Waals surface area (Å²) in [6, 6.07) is 1.20. The topological polar surface area (TPSA) is 88.9 Å². The second-order valence-corrected chi connectivity index (χ2v) is 11.9. The van der Waals surface area contributed by atoms with Gasteiger partial charge in [0.15, 0.2) is 14.4 Å². The van der Waals surface area contributed by atoms with Gasteiger partial charge in [-0.3, -0.25) is 9.59 Å². The molecule has 0 spiro atoms. The number of hydrogen-bond donors (Lipinski definition) is 0. The molecule has 1 aliphatic heterocycles. The van der Waals surface area contributed by atoms with Gasteiger partial charge in [-0.25, -0.2) is 0 Å². The molecule has 1 saturated heterocycles. The molecule has 1 heterocycles. The normalized spacial score (nSPS) is 25.4. The van der Waals surface area contributed by atoms with Gasteiger partial charge in [-0.05, 0) is 18.1 Å². The number of hydrogen-bond acceptors (Lipinski definition) is 6. The number of nitrogens with zero attached hydrogens (tertiary/aromatic N) is 2. The summed E-state index contributed by atoms with van der Waals surface area (Å²) in [4.78, 5) is 25.2. The number of carbonyl (C=O) groups is 2. The molecule has 23 heavy (non-hydrogen) atoms. The third kappa shape index (κ3) is 3.91. The van der Waals surface area contributed by atoms with Crippen molar-refractivity contribution in [3.8, 4) is 6.07 Å². The van der Waals surface area contributed by atoms with E-state index in [0.29, 0.717) is 0 Å². The molecule has 8 heteroatoms. The van der Waals surface area contributed by atoms with Gasteiger partial charge in [0.2, 0.25) is 0 Å². The number of ether oxygens (including phenoxy) is 2. The van der Waals surface area contributed by atoms with Crippen molar-refractivity contribution in [2.24, 2.45) is 0 Å². The van der Waals surface area contributed by atoms with Gasteiger partial charge in [0.1, 0.15) is 18.7 Å². The Morgan fingerprint density at radius 3 is 2.30 bits per heavy atom. The molecular weight excluding hydrogens is 316 g/mol. The lowest BCUT2D eigenvalue weighted by Gasteiger charge is -2.39. The first-order valence-corrected chi connectivity index (χ1v) is 10.4. The first-order chi connectivity index (χ1) is 10.5. The van der Waals surface area contributed by atoms with Gasteiger partial charge < -0.3 is 18.8 Å². The van der Waals surface area contributed by atoms with E-state index in [1.807, 2.05) is 13.1 Å². The molecule has 1 aliphatic rings. The Hall–Kier alpha value is -1.43. The van der Waals surface area contributed by atoms with Crippen LogP contribution in [0.1, 0.15) is 20.8 Å². The van der Waals surface area contributed by atoms with Gasteiger partial charge >= 0.3 is 5.97 Å². The molecule has 1 rings (SSSR count). The second kappa shape index (κ2) is 6.99. The highest BCUT2D eigenvalue weighted by Gasteiger charge is 2.53. The number of nitriles is 1. The van der Waals surface area contributed by atoms with Crippen LogP contribution in [0.3, 0.4) is 0 Å². The summed E-state index contributed by atoms with van der Waals surface area (Å²) in [5, 5.41) is 9.43. The maximum absolute atomic E-state index is 12.5. The predicted molar refractivity (Wildman–Crippen MR) is 86.0 cm³/mol. The fourth-order valence-corrected chi connectivity index (χ4v) is 3.47. The Labute approximate surface area is 138 Å². The van der Waals surface area contributed by atoms with Gasteiger partial charge in [0, 0.05) is 7.11 Å². The van der Waals surface area contributed by atoms with Crippen LogP contribution in [0.2, 0.25) is 18.1 Å². The number of rotatable bonds is 5. The fourth-order valence-electron chi connectivity index (χ4n) is 2.19. The number of likely N-dealkylation sites (tertiary alicyclic amines) is 1. The molecule has 0 aliphatic carbocycles. The van der Waals surface area contributed by atoms with E-state index >= 15 is 0 Å². The SMILES string of the molecule is COC(=O)CN1C(=O)[C@H](OC)[C@@H](O[Si](C)(C)C(C)(C)C)[C@H]1C#N. The summed E-state index contributed by atoms with van der Waals surface area (Å²) in [7, 11) is 0.421. The number of amides is 1. The monoisotopic (exact) mass is 342 g/mol. The van der Waals surface area contributed by atoms with E-state index in [1.165, 1.54) is 19.1 Å². The molecule has 7 nitrogen and oxygen atoms in total. The Morgan fingerprint density at radius 1 is 1.35 bits per heavy atom. The summed E-state index contributed by atoms with van der Waals surface area (Å²) in [6.45, 7) is 10.0. The van der Waals surface area contributed by atoms with E-state index in [1.54, 1.807) is 0 Å². The van der Waals surface area contributed by atoms with Crippen molar-refractivity contribution in [1.82, 2.24) is 4.90 Å². The summed E-state index contributed by atoms with van der Waals surface area (Å²) < 4.78 is 16.1. The average Bonchev–Trinajstić information content (AvgIpc) is 2.68.